The highest BCUT2D eigenvalue weighted by Gasteiger charge is 2.27. The molecule has 4 rings (SSSR count). The van der Waals surface area contributed by atoms with Crippen molar-refractivity contribution in [2.45, 2.75) is 53.5 Å². The Morgan fingerprint density at radius 2 is 1.69 bits per heavy atom. The van der Waals surface area contributed by atoms with Gasteiger partial charge in [-0.15, -0.1) is 0 Å². The van der Waals surface area contributed by atoms with E-state index in [2.05, 4.69) is 20.8 Å². The molecule has 0 fully saturated rings. The van der Waals surface area contributed by atoms with E-state index in [1.165, 1.54) is 5.56 Å². The van der Waals surface area contributed by atoms with E-state index in [9.17, 15) is 9.59 Å². The van der Waals surface area contributed by atoms with Crippen LogP contribution in [0, 0.1) is 12.8 Å². The van der Waals surface area contributed by atoms with Gasteiger partial charge in [0.1, 0.15) is 5.82 Å². The first-order chi connectivity index (χ1) is 17.3. The van der Waals surface area contributed by atoms with Gasteiger partial charge in [0.25, 0.3) is 11.5 Å². The van der Waals surface area contributed by atoms with Gasteiger partial charge < -0.3 is 4.90 Å². The van der Waals surface area contributed by atoms with E-state index in [4.69, 9.17) is 4.98 Å². The van der Waals surface area contributed by atoms with Gasteiger partial charge in [-0.25, -0.2) is 4.98 Å². The lowest BCUT2D eigenvalue weighted by Gasteiger charge is -2.31. The molecular formula is C31H35N3O2. The predicted octanol–water partition coefficient (Wildman–Crippen LogP) is 6.51. The quantitative estimate of drug-likeness (QED) is 0.288. The van der Waals surface area contributed by atoms with Crippen molar-refractivity contribution in [3.63, 3.8) is 0 Å². The maximum Gasteiger partial charge on any atom is 0.266 e. The number of hydrogen-bond donors (Lipinski definition) is 0. The number of fused-ring (bicyclic) bond motifs is 1. The summed E-state index contributed by atoms with van der Waals surface area (Å²) in [6, 6.07) is 22.7. The molecule has 1 amide bonds. The number of amides is 1. The first-order valence-electron chi connectivity index (χ1n) is 12.8. The molecule has 0 aliphatic heterocycles. The fraction of sp³-hybridized carbons (Fsp3) is 0.323. The van der Waals surface area contributed by atoms with Crippen molar-refractivity contribution in [3.05, 3.63) is 106 Å². The van der Waals surface area contributed by atoms with Crippen LogP contribution in [0.4, 0.5) is 0 Å². The van der Waals surface area contributed by atoms with Crippen LogP contribution in [-0.2, 0) is 6.42 Å². The zero-order valence-electron chi connectivity index (χ0n) is 21.9. The third-order valence-electron chi connectivity index (χ3n) is 6.72. The molecule has 36 heavy (non-hydrogen) atoms. The number of hydrogen-bond acceptors (Lipinski definition) is 3. The minimum Gasteiger partial charge on any atom is -0.329 e. The standard InChI is InChI=1S/C31H35N3O2/c1-6-24-14-16-25(17-15-24)30(35)33(19-18-21(2)3)23(5)29-32-28-13-8-7-12-27(28)31(36)34(29)26-11-9-10-22(4)20-26/h7-17,20-21,23H,6,18-19H2,1-5H3. The summed E-state index contributed by atoms with van der Waals surface area (Å²) in [6.45, 7) is 11.0. The second kappa shape index (κ2) is 10.9. The van der Waals surface area contributed by atoms with Crippen molar-refractivity contribution in [2.24, 2.45) is 5.92 Å². The molecule has 5 nitrogen and oxygen atoms in total. The molecule has 0 aliphatic rings. The molecule has 0 spiro atoms. The second-order valence-corrected chi connectivity index (χ2v) is 9.87. The average Bonchev–Trinajstić information content (AvgIpc) is 2.88. The Kier molecular flexibility index (Phi) is 7.68. The van der Waals surface area contributed by atoms with Crippen LogP contribution in [0.15, 0.2) is 77.6 Å². The molecule has 186 valence electrons. The highest BCUT2D eigenvalue weighted by molar-refractivity contribution is 5.94. The van der Waals surface area contributed by atoms with E-state index in [1.54, 1.807) is 4.57 Å². The first kappa shape index (κ1) is 25.4. The number of carbonyl (C=O) groups is 1. The molecule has 0 saturated carbocycles. The second-order valence-electron chi connectivity index (χ2n) is 9.87. The zero-order valence-corrected chi connectivity index (χ0v) is 21.9. The number of aromatic nitrogens is 2. The van der Waals surface area contributed by atoms with Gasteiger partial charge in [0.2, 0.25) is 0 Å². The summed E-state index contributed by atoms with van der Waals surface area (Å²) >= 11 is 0. The molecule has 1 heterocycles. The Labute approximate surface area is 213 Å². The van der Waals surface area contributed by atoms with E-state index in [1.807, 2.05) is 91.5 Å². The first-order valence-corrected chi connectivity index (χ1v) is 12.8. The number of para-hydroxylation sites is 1. The van der Waals surface area contributed by atoms with E-state index < -0.39 is 6.04 Å². The highest BCUT2D eigenvalue weighted by atomic mass is 16.2. The molecule has 1 atom stereocenters. The number of benzene rings is 3. The molecule has 0 N–H and O–H groups in total. The van der Waals surface area contributed by atoms with Gasteiger partial charge in [-0.3, -0.25) is 14.2 Å². The van der Waals surface area contributed by atoms with E-state index in [0.717, 1.165) is 24.1 Å². The van der Waals surface area contributed by atoms with Crippen molar-refractivity contribution < 1.29 is 4.79 Å². The van der Waals surface area contributed by atoms with Crippen LogP contribution in [0.5, 0.6) is 0 Å². The number of rotatable bonds is 8. The highest BCUT2D eigenvalue weighted by Crippen LogP contribution is 2.26. The smallest absolute Gasteiger partial charge is 0.266 e. The summed E-state index contributed by atoms with van der Waals surface area (Å²) < 4.78 is 1.68. The summed E-state index contributed by atoms with van der Waals surface area (Å²) in [7, 11) is 0. The van der Waals surface area contributed by atoms with Crippen LogP contribution < -0.4 is 5.56 Å². The fourth-order valence-corrected chi connectivity index (χ4v) is 4.50. The largest absolute Gasteiger partial charge is 0.329 e. The molecule has 1 unspecified atom stereocenters. The van der Waals surface area contributed by atoms with Gasteiger partial charge in [-0.05, 0) is 80.1 Å². The van der Waals surface area contributed by atoms with Crippen LogP contribution in [0.3, 0.4) is 0 Å². The van der Waals surface area contributed by atoms with E-state index >= 15 is 0 Å². The fourth-order valence-electron chi connectivity index (χ4n) is 4.50. The normalized spacial score (nSPS) is 12.2. The molecule has 0 saturated heterocycles. The van der Waals surface area contributed by atoms with Crippen molar-refractivity contribution in [1.82, 2.24) is 14.5 Å². The van der Waals surface area contributed by atoms with Crippen molar-refractivity contribution in [2.75, 3.05) is 6.54 Å². The summed E-state index contributed by atoms with van der Waals surface area (Å²) in [5, 5.41) is 0.560. The van der Waals surface area contributed by atoms with Crippen molar-refractivity contribution >= 4 is 16.8 Å². The van der Waals surface area contributed by atoms with Gasteiger partial charge in [-0.1, -0.05) is 57.2 Å². The summed E-state index contributed by atoms with van der Waals surface area (Å²) in [4.78, 5) is 34.4. The van der Waals surface area contributed by atoms with Gasteiger partial charge in [0.15, 0.2) is 0 Å². The SMILES string of the molecule is CCc1ccc(C(=O)N(CCC(C)C)C(C)c2nc3ccccc3c(=O)n2-c2cccc(C)c2)cc1. The number of nitrogens with zero attached hydrogens (tertiary/aromatic N) is 3. The van der Waals surface area contributed by atoms with Crippen LogP contribution in [-0.4, -0.2) is 26.9 Å². The van der Waals surface area contributed by atoms with Gasteiger partial charge in [0.05, 0.1) is 22.6 Å². The van der Waals surface area contributed by atoms with Crippen LogP contribution in [0.2, 0.25) is 0 Å². The molecule has 0 bridgehead atoms. The molecule has 4 aromatic rings. The predicted molar refractivity (Wildman–Crippen MR) is 147 cm³/mol. The Balaban J connectivity index is 1.88. The zero-order chi connectivity index (χ0) is 25.8. The third kappa shape index (κ3) is 5.25. The third-order valence-corrected chi connectivity index (χ3v) is 6.72. The van der Waals surface area contributed by atoms with Crippen LogP contribution in [0.25, 0.3) is 16.6 Å². The summed E-state index contributed by atoms with van der Waals surface area (Å²) in [5.41, 5.74) is 4.15. The molecule has 0 radical (unpaired) electrons. The molecule has 3 aromatic carbocycles. The van der Waals surface area contributed by atoms with Crippen LogP contribution >= 0.6 is 0 Å². The maximum absolute atomic E-state index is 13.8. The molecule has 1 aromatic heterocycles. The Hall–Kier alpha value is -3.73. The van der Waals surface area contributed by atoms with Gasteiger partial charge in [0, 0.05) is 12.1 Å². The van der Waals surface area contributed by atoms with Gasteiger partial charge in [-0.2, -0.15) is 0 Å². The molecule has 5 heteroatoms. The minimum atomic E-state index is -0.417. The lowest BCUT2D eigenvalue weighted by molar-refractivity contribution is 0.0671. The van der Waals surface area contributed by atoms with Gasteiger partial charge >= 0.3 is 0 Å². The molecular weight excluding hydrogens is 446 g/mol. The van der Waals surface area contributed by atoms with E-state index in [-0.39, 0.29) is 11.5 Å². The Morgan fingerprint density at radius 1 is 0.972 bits per heavy atom. The van der Waals surface area contributed by atoms with Crippen molar-refractivity contribution in [1.29, 1.82) is 0 Å². The summed E-state index contributed by atoms with van der Waals surface area (Å²) in [5.74, 6) is 0.939. The Morgan fingerprint density at radius 3 is 2.36 bits per heavy atom. The van der Waals surface area contributed by atoms with E-state index in [0.29, 0.717) is 34.8 Å². The number of carbonyl (C=O) groups excluding carboxylic acids is 1. The average molecular weight is 482 g/mol. The number of aryl methyl sites for hydroxylation is 2. The lowest BCUT2D eigenvalue weighted by atomic mass is 10.1. The Bertz CT molecular complexity index is 1420. The topological polar surface area (TPSA) is 55.2 Å². The summed E-state index contributed by atoms with van der Waals surface area (Å²) in [6.07, 6.45) is 1.77. The van der Waals surface area contributed by atoms with Crippen LogP contribution in [0.1, 0.15) is 67.5 Å². The monoisotopic (exact) mass is 481 g/mol. The van der Waals surface area contributed by atoms with Crippen molar-refractivity contribution in [3.8, 4) is 5.69 Å². The maximum atomic E-state index is 13.8. The lowest BCUT2D eigenvalue weighted by Crippen LogP contribution is -2.38. The molecule has 0 aliphatic carbocycles. The minimum absolute atomic E-state index is 0.0518.